The van der Waals surface area contributed by atoms with E-state index in [1.807, 2.05) is 0 Å². The van der Waals surface area contributed by atoms with E-state index in [2.05, 4.69) is 20.6 Å². The molecule has 0 atom stereocenters. The molecule has 2 rings (SSSR count). The summed E-state index contributed by atoms with van der Waals surface area (Å²) in [7, 11) is 0. The van der Waals surface area contributed by atoms with E-state index in [0.717, 1.165) is 12.3 Å². The molecule has 9 heteroatoms. The molecule has 0 bridgehead atoms. The summed E-state index contributed by atoms with van der Waals surface area (Å²) in [6, 6.07) is 5.54. The molecule has 0 saturated heterocycles. The summed E-state index contributed by atoms with van der Waals surface area (Å²) in [5.74, 6) is 0.0735. The lowest BCUT2D eigenvalue weighted by atomic mass is 10.2. The third-order valence-corrected chi connectivity index (χ3v) is 3.44. The number of halogens is 3. The van der Waals surface area contributed by atoms with Crippen LogP contribution in [0.4, 0.5) is 19.0 Å². The number of nitrogens with zero attached hydrogens (tertiary/aromatic N) is 1. The van der Waals surface area contributed by atoms with E-state index in [0.29, 0.717) is 35.5 Å². The Morgan fingerprint density at radius 2 is 2.04 bits per heavy atom. The molecular formula is C15H15F3N4OS. The Bertz CT molecular complexity index is 743. The van der Waals surface area contributed by atoms with Gasteiger partial charge >= 0.3 is 6.18 Å². The highest BCUT2D eigenvalue weighted by molar-refractivity contribution is 7.71. The number of carbonyl (C=O) groups is 1. The van der Waals surface area contributed by atoms with E-state index in [9.17, 15) is 18.0 Å². The fourth-order valence-electron chi connectivity index (χ4n) is 1.87. The average molecular weight is 356 g/mol. The number of H-pyrrole nitrogens is 1. The molecule has 3 N–H and O–H groups in total. The van der Waals surface area contributed by atoms with Crippen molar-refractivity contribution in [2.75, 3.05) is 18.4 Å². The summed E-state index contributed by atoms with van der Waals surface area (Å²) >= 11 is 5.01. The lowest BCUT2D eigenvalue weighted by Crippen LogP contribution is -2.26. The minimum absolute atomic E-state index is 0.274. The summed E-state index contributed by atoms with van der Waals surface area (Å²) in [4.78, 5) is 18.4. The normalized spacial score (nSPS) is 11.1. The predicted octanol–water partition coefficient (Wildman–Crippen LogP) is 3.39. The van der Waals surface area contributed by atoms with E-state index in [1.165, 1.54) is 6.07 Å². The van der Waals surface area contributed by atoms with Gasteiger partial charge in [-0.05, 0) is 30.7 Å². The number of pyridine rings is 2. The van der Waals surface area contributed by atoms with Gasteiger partial charge in [0.15, 0.2) is 0 Å². The molecular weight excluding hydrogens is 341 g/mol. The van der Waals surface area contributed by atoms with Gasteiger partial charge in [-0.15, -0.1) is 0 Å². The number of aromatic amines is 1. The molecule has 0 saturated carbocycles. The maximum atomic E-state index is 12.4. The van der Waals surface area contributed by atoms with E-state index in [-0.39, 0.29) is 5.91 Å². The molecule has 2 aromatic rings. The summed E-state index contributed by atoms with van der Waals surface area (Å²) in [5.41, 5.74) is -0.399. The zero-order valence-corrected chi connectivity index (χ0v) is 13.3. The molecule has 2 heterocycles. The van der Waals surface area contributed by atoms with E-state index >= 15 is 0 Å². The molecule has 0 aliphatic rings. The van der Waals surface area contributed by atoms with Gasteiger partial charge < -0.3 is 15.6 Å². The number of alkyl halides is 3. The van der Waals surface area contributed by atoms with E-state index < -0.39 is 11.7 Å². The van der Waals surface area contributed by atoms with Gasteiger partial charge in [-0.3, -0.25) is 4.79 Å². The number of anilines is 1. The summed E-state index contributed by atoms with van der Waals surface area (Å²) in [6.45, 7) is 0.858. The van der Waals surface area contributed by atoms with Crippen LogP contribution in [0.2, 0.25) is 0 Å². The quantitative estimate of drug-likeness (QED) is 0.548. The molecule has 0 unspecified atom stereocenters. The van der Waals surface area contributed by atoms with Crippen molar-refractivity contribution in [3.63, 3.8) is 0 Å². The van der Waals surface area contributed by atoms with Gasteiger partial charge in [-0.25, -0.2) is 4.98 Å². The van der Waals surface area contributed by atoms with Gasteiger partial charge in [0, 0.05) is 25.5 Å². The van der Waals surface area contributed by atoms with Gasteiger partial charge in [-0.1, -0.05) is 12.2 Å². The maximum Gasteiger partial charge on any atom is 0.417 e. The average Bonchev–Trinajstić information content (AvgIpc) is 2.54. The first-order valence-corrected chi connectivity index (χ1v) is 7.52. The number of rotatable bonds is 6. The molecule has 0 fully saturated rings. The highest BCUT2D eigenvalue weighted by Crippen LogP contribution is 2.28. The number of nitrogens with one attached hydrogen (secondary N) is 3. The number of hydrogen-bond acceptors (Lipinski definition) is 4. The van der Waals surface area contributed by atoms with Crippen LogP contribution in [0.5, 0.6) is 0 Å². The van der Waals surface area contributed by atoms with Crippen molar-refractivity contribution < 1.29 is 18.0 Å². The Labute approximate surface area is 141 Å². The van der Waals surface area contributed by atoms with Crippen molar-refractivity contribution in [1.82, 2.24) is 15.3 Å². The van der Waals surface area contributed by atoms with E-state index in [1.54, 1.807) is 18.3 Å². The third-order valence-electron chi connectivity index (χ3n) is 3.10. The van der Waals surface area contributed by atoms with Crippen molar-refractivity contribution in [3.8, 4) is 0 Å². The summed E-state index contributed by atoms with van der Waals surface area (Å²) in [5, 5.41) is 5.61. The van der Waals surface area contributed by atoms with Crippen LogP contribution >= 0.6 is 12.2 Å². The minimum Gasteiger partial charge on any atom is -0.370 e. The third kappa shape index (κ3) is 5.05. The highest BCUT2D eigenvalue weighted by Gasteiger charge is 2.30. The first-order valence-electron chi connectivity index (χ1n) is 7.11. The summed E-state index contributed by atoms with van der Waals surface area (Å²) < 4.78 is 37.6. The molecule has 1 amide bonds. The van der Waals surface area contributed by atoms with Crippen LogP contribution in [-0.2, 0) is 6.18 Å². The zero-order chi connectivity index (χ0) is 17.6. The number of aromatic nitrogens is 2. The van der Waals surface area contributed by atoms with Crippen LogP contribution in [0.3, 0.4) is 0 Å². The van der Waals surface area contributed by atoms with Gasteiger partial charge in [-0.2, -0.15) is 13.2 Å². The molecule has 5 nitrogen and oxygen atoms in total. The zero-order valence-electron chi connectivity index (χ0n) is 12.5. The molecule has 0 aromatic carbocycles. The standard InChI is InChI=1S/C15H15F3N4OS/c16-15(17,18)10-4-5-12(22-9-10)19-7-2-8-20-13(23)11-3-1-6-21-14(11)24/h1,3-6,9H,2,7-8H2,(H,19,22)(H,20,23)(H,21,24). The fourth-order valence-corrected chi connectivity index (χ4v) is 2.10. The van der Waals surface area contributed by atoms with Gasteiger partial charge in [0.1, 0.15) is 10.5 Å². The second kappa shape index (κ2) is 7.91. The molecule has 128 valence electrons. The second-order valence-electron chi connectivity index (χ2n) is 4.88. The Kier molecular flexibility index (Phi) is 5.91. The Morgan fingerprint density at radius 3 is 2.67 bits per heavy atom. The van der Waals surface area contributed by atoms with Crippen molar-refractivity contribution >= 4 is 23.9 Å². The smallest absolute Gasteiger partial charge is 0.370 e. The molecule has 0 aliphatic heterocycles. The molecule has 2 aromatic heterocycles. The Morgan fingerprint density at radius 1 is 1.25 bits per heavy atom. The molecule has 24 heavy (non-hydrogen) atoms. The first-order chi connectivity index (χ1) is 11.4. The SMILES string of the molecule is O=C(NCCCNc1ccc(C(F)(F)F)cn1)c1ccc[nH]c1=S. The minimum atomic E-state index is -4.39. The fraction of sp³-hybridized carbons (Fsp3) is 0.267. The van der Waals surface area contributed by atoms with Gasteiger partial charge in [0.2, 0.25) is 0 Å². The number of hydrogen-bond donors (Lipinski definition) is 3. The molecule has 0 spiro atoms. The van der Waals surface area contributed by atoms with Crippen molar-refractivity contribution in [2.24, 2.45) is 0 Å². The Hall–Kier alpha value is -2.42. The van der Waals surface area contributed by atoms with Crippen LogP contribution in [-0.4, -0.2) is 29.0 Å². The number of carbonyl (C=O) groups excluding carboxylic acids is 1. The second-order valence-corrected chi connectivity index (χ2v) is 5.29. The lowest BCUT2D eigenvalue weighted by Gasteiger charge is -2.09. The van der Waals surface area contributed by atoms with Crippen LogP contribution in [0, 0.1) is 4.64 Å². The predicted molar refractivity (Wildman–Crippen MR) is 86.3 cm³/mol. The Balaban J connectivity index is 1.73. The van der Waals surface area contributed by atoms with Gasteiger partial charge in [0.25, 0.3) is 5.91 Å². The van der Waals surface area contributed by atoms with Crippen LogP contribution in [0.15, 0.2) is 36.7 Å². The largest absolute Gasteiger partial charge is 0.417 e. The molecule has 0 radical (unpaired) electrons. The van der Waals surface area contributed by atoms with E-state index in [4.69, 9.17) is 12.2 Å². The number of amides is 1. The van der Waals surface area contributed by atoms with Crippen LogP contribution in [0.1, 0.15) is 22.3 Å². The van der Waals surface area contributed by atoms with Gasteiger partial charge in [0.05, 0.1) is 11.1 Å². The van der Waals surface area contributed by atoms with Crippen molar-refractivity contribution in [2.45, 2.75) is 12.6 Å². The first kappa shape index (κ1) is 17.9. The van der Waals surface area contributed by atoms with Crippen LogP contribution in [0.25, 0.3) is 0 Å². The maximum absolute atomic E-state index is 12.4. The van der Waals surface area contributed by atoms with Crippen molar-refractivity contribution in [3.05, 3.63) is 52.4 Å². The molecule has 0 aliphatic carbocycles. The summed E-state index contributed by atoms with van der Waals surface area (Å²) in [6.07, 6.45) is -1.40. The van der Waals surface area contributed by atoms with Crippen LogP contribution < -0.4 is 10.6 Å². The van der Waals surface area contributed by atoms with Crippen molar-refractivity contribution in [1.29, 1.82) is 0 Å². The monoisotopic (exact) mass is 356 g/mol. The lowest BCUT2D eigenvalue weighted by molar-refractivity contribution is -0.137. The topological polar surface area (TPSA) is 69.8 Å². The highest BCUT2D eigenvalue weighted by atomic mass is 32.1.